The van der Waals surface area contributed by atoms with Gasteiger partial charge in [0.15, 0.2) is 0 Å². The molecule has 2 fully saturated rings. The normalized spacial score (nSPS) is 42.6. The lowest BCUT2D eigenvalue weighted by Gasteiger charge is -2.31. The van der Waals surface area contributed by atoms with Crippen molar-refractivity contribution in [3.05, 3.63) is 0 Å². The average molecular weight is 212 g/mol. The summed E-state index contributed by atoms with van der Waals surface area (Å²) in [6.45, 7) is 3.67. The minimum atomic E-state index is -0.286. The fraction of sp³-hybridized carbons (Fsp3) is 1.00. The molecule has 0 bridgehead atoms. The SMILES string of the molecule is CCC1CCCN1C1CCC(N)(CO)C1. The first-order valence-electron chi connectivity index (χ1n) is 6.34. The summed E-state index contributed by atoms with van der Waals surface area (Å²) < 4.78 is 0. The summed E-state index contributed by atoms with van der Waals surface area (Å²) in [6, 6.07) is 1.41. The van der Waals surface area contributed by atoms with E-state index in [9.17, 15) is 5.11 Å². The van der Waals surface area contributed by atoms with Gasteiger partial charge in [0.2, 0.25) is 0 Å². The second-order valence-corrected chi connectivity index (χ2v) is 5.36. The van der Waals surface area contributed by atoms with Crippen LogP contribution in [0, 0.1) is 0 Å². The van der Waals surface area contributed by atoms with E-state index in [1.54, 1.807) is 0 Å². The number of nitrogens with zero attached hydrogens (tertiary/aromatic N) is 1. The highest BCUT2D eigenvalue weighted by Gasteiger charge is 2.40. The maximum Gasteiger partial charge on any atom is 0.0611 e. The summed E-state index contributed by atoms with van der Waals surface area (Å²) in [5.74, 6) is 0. The smallest absolute Gasteiger partial charge is 0.0611 e. The van der Waals surface area contributed by atoms with Gasteiger partial charge in [-0.05, 0) is 45.1 Å². The predicted octanol–water partition coefficient (Wildman–Crippen LogP) is 1.10. The lowest BCUT2D eigenvalue weighted by atomic mass is 10.00. The molecule has 1 saturated heterocycles. The van der Waals surface area contributed by atoms with Gasteiger partial charge in [-0.3, -0.25) is 4.90 Å². The number of likely N-dealkylation sites (tertiary alicyclic amines) is 1. The van der Waals surface area contributed by atoms with Gasteiger partial charge in [0.1, 0.15) is 0 Å². The molecule has 3 nitrogen and oxygen atoms in total. The van der Waals surface area contributed by atoms with Crippen molar-refractivity contribution in [2.45, 2.75) is 63.1 Å². The largest absolute Gasteiger partial charge is 0.394 e. The first-order chi connectivity index (χ1) is 7.18. The first-order valence-corrected chi connectivity index (χ1v) is 6.34. The lowest BCUT2D eigenvalue weighted by molar-refractivity contribution is 0.153. The molecule has 2 aliphatic rings. The molecular formula is C12H24N2O. The second kappa shape index (κ2) is 4.40. The van der Waals surface area contributed by atoms with Crippen molar-refractivity contribution >= 4 is 0 Å². The van der Waals surface area contributed by atoms with Crippen LogP contribution in [0.1, 0.15) is 45.4 Å². The van der Waals surface area contributed by atoms with Crippen molar-refractivity contribution in [3.8, 4) is 0 Å². The van der Waals surface area contributed by atoms with Crippen LogP contribution < -0.4 is 5.73 Å². The molecule has 2 rings (SSSR count). The third kappa shape index (κ3) is 2.19. The van der Waals surface area contributed by atoms with Crippen LogP contribution in [0.3, 0.4) is 0 Å². The molecule has 3 heteroatoms. The molecule has 15 heavy (non-hydrogen) atoms. The molecule has 1 aliphatic heterocycles. The van der Waals surface area contributed by atoms with Crippen molar-refractivity contribution in [3.63, 3.8) is 0 Å². The highest BCUT2D eigenvalue weighted by atomic mass is 16.3. The van der Waals surface area contributed by atoms with Crippen LogP contribution in [0.2, 0.25) is 0 Å². The molecule has 3 N–H and O–H groups in total. The van der Waals surface area contributed by atoms with Crippen LogP contribution in [-0.2, 0) is 0 Å². The molecule has 0 aromatic rings. The topological polar surface area (TPSA) is 49.5 Å². The fourth-order valence-electron chi connectivity index (χ4n) is 3.33. The van der Waals surface area contributed by atoms with E-state index in [2.05, 4.69) is 11.8 Å². The standard InChI is InChI=1S/C12H24N2O/c1-2-10-4-3-7-14(10)11-5-6-12(13,8-11)9-15/h10-11,15H,2-9,13H2,1H3. The Bertz CT molecular complexity index is 222. The van der Waals surface area contributed by atoms with Gasteiger partial charge in [-0.2, -0.15) is 0 Å². The second-order valence-electron chi connectivity index (χ2n) is 5.36. The van der Waals surface area contributed by atoms with Crippen LogP contribution in [0.25, 0.3) is 0 Å². The summed E-state index contributed by atoms with van der Waals surface area (Å²) in [5.41, 5.74) is 5.84. The average Bonchev–Trinajstić information content (AvgIpc) is 2.84. The molecule has 0 spiro atoms. The third-order valence-electron chi connectivity index (χ3n) is 4.30. The first kappa shape index (κ1) is 11.4. The van der Waals surface area contributed by atoms with E-state index in [1.165, 1.54) is 32.2 Å². The molecule has 0 aromatic heterocycles. The quantitative estimate of drug-likeness (QED) is 0.736. The summed E-state index contributed by atoms with van der Waals surface area (Å²) in [4.78, 5) is 2.64. The Labute approximate surface area is 92.6 Å². The Morgan fingerprint density at radius 2 is 2.27 bits per heavy atom. The Hall–Kier alpha value is -0.120. The van der Waals surface area contributed by atoms with Crippen molar-refractivity contribution in [1.82, 2.24) is 4.90 Å². The van der Waals surface area contributed by atoms with E-state index >= 15 is 0 Å². The van der Waals surface area contributed by atoms with Gasteiger partial charge in [0.05, 0.1) is 6.61 Å². The maximum absolute atomic E-state index is 9.27. The molecule has 3 unspecified atom stereocenters. The minimum absolute atomic E-state index is 0.147. The van der Waals surface area contributed by atoms with Crippen LogP contribution in [0.5, 0.6) is 0 Å². The molecule has 0 radical (unpaired) electrons. The van der Waals surface area contributed by atoms with Crippen molar-refractivity contribution in [1.29, 1.82) is 0 Å². The monoisotopic (exact) mass is 212 g/mol. The Balaban J connectivity index is 1.95. The molecule has 1 saturated carbocycles. The number of hydrogen-bond donors (Lipinski definition) is 2. The van der Waals surface area contributed by atoms with Crippen LogP contribution in [0.15, 0.2) is 0 Å². The van der Waals surface area contributed by atoms with Gasteiger partial charge in [0, 0.05) is 17.6 Å². The number of rotatable bonds is 3. The summed E-state index contributed by atoms with van der Waals surface area (Å²) >= 11 is 0. The Morgan fingerprint density at radius 1 is 1.47 bits per heavy atom. The molecule has 88 valence electrons. The number of hydrogen-bond acceptors (Lipinski definition) is 3. The summed E-state index contributed by atoms with van der Waals surface area (Å²) in [7, 11) is 0. The zero-order chi connectivity index (χ0) is 10.9. The number of aliphatic hydroxyl groups excluding tert-OH is 1. The Morgan fingerprint density at radius 3 is 2.87 bits per heavy atom. The van der Waals surface area contributed by atoms with Gasteiger partial charge in [-0.1, -0.05) is 6.92 Å². The van der Waals surface area contributed by atoms with Crippen molar-refractivity contribution < 1.29 is 5.11 Å². The zero-order valence-electron chi connectivity index (χ0n) is 9.78. The van der Waals surface area contributed by atoms with E-state index < -0.39 is 0 Å². The highest BCUT2D eigenvalue weighted by molar-refractivity contribution is 4.99. The Kier molecular flexibility index (Phi) is 3.33. The van der Waals surface area contributed by atoms with Gasteiger partial charge >= 0.3 is 0 Å². The van der Waals surface area contributed by atoms with E-state index in [0.29, 0.717) is 6.04 Å². The van der Waals surface area contributed by atoms with Crippen LogP contribution >= 0.6 is 0 Å². The van der Waals surface area contributed by atoms with Gasteiger partial charge in [-0.15, -0.1) is 0 Å². The van der Waals surface area contributed by atoms with Crippen molar-refractivity contribution in [2.75, 3.05) is 13.2 Å². The van der Waals surface area contributed by atoms with Crippen LogP contribution in [0.4, 0.5) is 0 Å². The maximum atomic E-state index is 9.27. The lowest BCUT2D eigenvalue weighted by Crippen LogP contribution is -2.44. The van der Waals surface area contributed by atoms with Gasteiger partial charge < -0.3 is 10.8 Å². The molecule has 1 aliphatic carbocycles. The highest BCUT2D eigenvalue weighted by Crippen LogP contribution is 2.35. The molecular weight excluding hydrogens is 188 g/mol. The number of aliphatic hydroxyl groups is 1. The number of nitrogens with two attached hydrogens (primary N) is 1. The molecule has 0 aromatic carbocycles. The van der Waals surface area contributed by atoms with E-state index in [4.69, 9.17) is 5.73 Å². The van der Waals surface area contributed by atoms with E-state index in [0.717, 1.165) is 18.9 Å². The van der Waals surface area contributed by atoms with Gasteiger partial charge in [0.25, 0.3) is 0 Å². The molecule has 3 atom stereocenters. The summed E-state index contributed by atoms with van der Waals surface area (Å²) in [5, 5.41) is 9.27. The van der Waals surface area contributed by atoms with Gasteiger partial charge in [-0.25, -0.2) is 0 Å². The molecule has 0 amide bonds. The fourth-order valence-corrected chi connectivity index (χ4v) is 3.33. The third-order valence-corrected chi connectivity index (χ3v) is 4.30. The van der Waals surface area contributed by atoms with Crippen molar-refractivity contribution in [2.24, 2.45) is 5.73 Å². The van der Waals surface area contributed by atoms with Crippen LogP contribution in [-0.4, -0.2) is 40.8 Å². The zero-order valence-corrected chi connectivity index (χ0v) is 9.78. The molecule has 1 heterocycles. The van der Waals surface area contributed by atoms with E-state index in [-0.39, 0.29) is 12.1 Å². The minimum Gasteiger partial charge on any atom is -0.394 e. The van der Waals surface area contributed by atoms with E-state index in [1.807, 2.05) is 0 Å². The summed E-state index contributed by atoms with van der Waals surface area (Å²) in [6.07, 6.45) is 7.09. The predicted molar refractivity (Wildman–Crippen MR) is 61.7 cm³/mol.